The van der Waals surface area contributed by atoms with E-state index in [1.807, 2.05) is 43.3 Å². The van der Waals surface area contributed by atoms with Crippen LogP contribution in [0.4, 0.5) is 0 Å². The third-order valence-electron chi connectivity index (χ3n) is 4.40. The molecule has 5 nitrogen and oxygen atoms in total. The number of amides is 1. The summed E-state index contributed by atoms with van der Waals surface area (Å²) in [5, 5.41) is 2.17. The molecule has 0 saturated heterocycles. The molecule has 0 bridgehead atoms. The van der Waals surface area contributed by atoms with Gasteiger partial charge in [-0.15, -0.1) is 0 Å². The average molecular weight is 375 g/mol. The van der Waals surface area contributed by atoms with Gasteiger partial charge in [0.2, 0.25) is 10.0 Å². The summed E-state index contributed by atoms with van der Waals surface area (Å²) in [5.41, 5.74) is 3.77. The van der Waals surface area contributed by atoms with Gasteiger partial charge in [0.05, 0.1) is 5.25 Å². The van der Waals surface area contributed by atoms with Crippen LogP contribution in [0.3, 0.4) is 0 Å². The van der Waals surface area contributed by atoms with Gasteiger partial charge in [-0.1, -0.05) is 43.3 Å². The Labute approximate surface area is 155 Å². The topological polar surface area (TPSA) is 75.3 Å². The summed E-state index contributed by atoms with van der Waals surface area (Å²) in [5.74, 6) is -0.0298. The summed E-state index contributed by atoms with van der Waals surface area (Å²) in [6, 6.07) is 15.5. The van der Waals surface area contributed by atoms with E-state index in [2.05, 4.69) is 10.0 Å². The summed E-state index contributed by atoms with van der Waals surface area (Å²) in [6.07, 6.45) is 0. The van der Waals surface area contributed by atoms with Gasteiger partial charge in [0.15, 0.2) is 0 Å². The first-order chi connectivity index (χ1) is 12.2. The molecule has 6 heteroatoms. The number of hydrogen-bond acceptors (Lipinski definition) is 3. The smallest absolute Gasteiger partial charge is 0.251 e. The lowest BCUT2D eigenvalue weighted by Crippen LogP contribution is -2.33. The molecule has 0 heterocycles. The molecule has 0 aromatic heterocycles. The Hall–Kier alpha value is -2.18. The second-order valence-corrected chi connectivity index (χ2v) is 8.94. The van der Waals surface area contributed by atoms with Crippen molar-refractivity contribution in [2.45, 2.75) is 31.9 Å². The van der Waals surface area contributed by atoms with E-state index < -0.39 is 15.3 Å². The van der Waals surface area contributed by atoms with Crippen molar-refractivity contribution < 1.29 is 13.2 Å². The fourth-order valence-electron chi connectivity index (χ4n) is 2.49. The summed E-state index contributed by atoms with van der Waals surface area (Å²) >= 11 is 0. The first-order valence-electron chi connectivity index (χ1n) is 8.65. The number of rotatable bonds is 7. The number of carbonyl (C=O) groups is 1. The van der Waals surface area contributed by atoms with Crippen molar-refractivity contribution in [1.82, 2.24) is 10.0 Å². The highest BCUT2D eigenvalue weighted by Crippen LogP contribution is 2.23. The summed E-state index contributed by atoms with van der Waals surface area (Å²) in [7, 11) is -1.64. The zero-order valence-corrected chi connectivity index (χ0v) is 16.4. The second-order valence-electron chi connectivity index (χ2n) is 6.62. The Kier molecular flexibility index (Phi) is 6.56. The van der Waals surface area contributed by atoms with Crippen LogP contribution in [0.5, 0.6) is 0 Å². The number of carbonyl (C=O) groups excluding carboxylic acids is 1. The maximum Gasteiger partial charge on any atom is 0.251 e. The van der Waals surface area contributed by atoms with Crippen molar-refractivity contribution in [1.29, 1.82) is 0 Å². The monoisotopic (exact) mass is 374 g/mol. The summed E-state index contributed by atoms with van der Waals surface area (Å²) < 4.78 is 26.4. The first-order valence-corrected chi connectivity index (χ1v) is 10.2. The molecule has 1 amide bonds. The molecule has 0 fully saturated rings. The van der Waals surface area contributed by atoms with E-state index in [1.165, 1.54) is 0 Å². The second kappa shape index (κ2) is 8.47. The molecule has 2 N–H and O–H groups in total. The SMILES string of the molecule is CNC(=O)c1ccc(-c2ccc(C(C)CNS(=O)(=O)C(C)C)cc2)cc1. The first kappa shape index (κ1) is 20.1. The van der Waals surface area contributed by atoms with E-state index in [1.54, 1.807) is 33.0 Å². The minimum Gasteiger partial charge on any atom is -0.355 e. The molecule has 1 atom stereocenters. The van der Waals surface area contributed by atoms with Crippen molar-refractivity contribution in [3.63, 3.8) is 0 Å². The minimum absolute atomic E-state index is 0.0770. The third kappa shape index (κ3) is 4.93. The van der Waals surface area contributed by atoms with E-state index in [0.29, 0.717) is 12.1 Å². The summed E-state index contributed by atoms with van der Waals surface area (Å²) in [6.45, 7) is 5.70. The van der Waals surface area contributed by atoms with Gasteiger partial charge in [-0.25, -0.2) is 13.1 Å². The van der Waals surface area contributed by atoms with E-state index in [9.17, 15) is 13.2 Å². The molecule has 2 aromatic carbocycles. The van der Waals surface area contributed by atoms with Gasteiger partial charge in [-0.2, -0.15) is 0 Å². The summed E-state index contributed by atoms with van der Waals surface area (Å²) in [4.78, 5) is 11.6. The number of benzene rings is 2. The molecule has 26 heavy (non-hydrogen) atoms. The van der Waals surface area contributed by atoms with Crippen LogP contribution < -0.4 is 10.0 Å². The van der Waals surface area contributed by atoms with Crippen LogP contribution in [0.25, 0.3) is 11.1 Å². The number of hydrogen-bond donors (Lipinski definition) is 2. The van der Waals surface area contributed by atoms with Gasteiger partial charge in [0, 0.05) is 19.2 Å². The van der Waals surface area contributed by atoms with Crippen LogP contribution in [-0.4, -0.2) is 33.2 Å². The average Bonchev–Trinajstić information content (AvgIpc) is 2.65. The zero-order valence-electron chi connectivity index (χ0n) is 15.6. The van der Waals surface area contributed by atoms with Gasteiger partial charge in [-0.05, 0) is 48.6 Å². The largest absolute Gasteiger partial charge is 0.355 e. The molecule has 0 aliphatic carbocycles. The molecular weight excluding hydrogens is 348 g/mol. The van der Waals surface area contributed by atoms with Crippen molar-refractivity contribution in [2.75, 3.05) is 13.6 Å². The fourth-order valence-corrected chi connectivity index (χ4v) is 3.30. The molecule has 0 saturated carbocycles. The Balaban J connectivity index is 2.07. The van der Waals surface area contributed by atoms with Gasteiger partial charge < -0.3 is 5.32 Å². The molecule has 1 unspecified atom stereocenters. The van der Waals surface area contributed by atoms with Crippen LogP contribution in [0, 0.1) is 0 Å². The zero-order chi connectivity index (χ0) is 19.3. The maximum atomic E-state index is 11.9. The van der Waals surface area contributed by atoms with Crippen LogP contribution in [0.15, 0.2) is 48.5 Å². The lowest BCUT2D eigenvalue weighted by Gasteiger charge is -2.15. The highest BCUT2D eigenvalue weighted by Gasteiger charge is 2.17. The van der Waals surface area contributed by atoms with Gasteiger partial charge in [0.1, 0.15) is 0 Å². The predicted molar refractivity (Wildman–Crippen MR) is 106 cm³/mol. The molecule has 0 spiro atoms. The van der Waals surface area contributed by atoms with E-state index in [-0.39, 0.29) is 11.8 Å². The Morgan fingerprint density at radius 2 is 1.42 bits per heavy atom. The van der Waals surface area contributed by atoms with Crippen molar-refractivity contribution in [3.8, 4) is 11.1 Å². The lowest BCUT2D eigenvalue weighted by molar-refractivity contribution is 0.0963. The molecule has 2 rings (SSSR count). The fraction of sp³-hybridized carbons (Fsp3) is 0.350. The predicted octanol–water partition coefficient (Wildman–Crippen LogP) is 3.14. The van der Waals surface area contributed by atoms with Gasteiger partial charge >= 0.3 is 0 Å². The van der Waals surface area contributed by atoms with Crippen molar-refractivity contribution in [3.05, 3.63) is 59.7 Å². The molecule has 0 radical (unpaired) electrons. The maximum absolute atomic E-state index is 11.9. The van der Waals surface area contributed by atoms with Crippen molar-refractivity contribution in [2.24, 2.45) is 0 Å². The standard InChI is InChI=1S/C20H26N2O3S/c1-14(2)26(24,25)22-13-15(3)16-5-7-17(8-6-16)18-9-11-19(12-10-18)20(23)21-4/h5-12,14-15,22H,13H2,1-4H3,(H,21,23). The molecular formula is C20H26N2O3S. The molecule has 0 aliphatic rings. The van der Waals surface area contributed by atoms with E-state index in [4.69, 9.17) is 0 Å². The quantitative estimate of drug-likeness (QED) is 0.782. The normalized spacial score (nSPS) is 12.8. The van der Waals surface area contributed by atoms with Gasteiger partial charge in [-0.3, -0.25) is 4.79 Å². The van der Waals surface area contributed by atoms with E-state index in [0.717, 1.165) is 16.7 Å². The number of sulfonamides is 1. The molecule has 0 aliphatic heterocycles. The molecule has 2 aromatic rings. The minimum atomic E-state index is -3.25. The van der Waals surface area contributed by atoms with Crippen molar-refractivity contribution >= 4 is 15.9 Å². The Morgan fingerprint density at radius 1 is 0.923 bits per heavy atom. The van der Waals surface area contributed by atoms with Crippen LogP contribution >= 0.6 is 0 Å². The highest BCUT2D eigenvalue weighted by atomic mass is 32.2. The van der Waals surface area contributed by atoms with Crippen LogP contribution in [0.2, 0.25) is 0 Å². The third-order valence-corrected chi connectivity index (χ3v) is 6.21. The lowest BCUT2D eigenvalue weighted by atomic mass is 9.97. The number of nitrogens with one attached hydrogen (secondary N) is 2. The van der Waals surface area contributed by atoms with Gasteiger partial charge in [0.25, 0.3) is 5.91 Å². The van der Waals surface area contributed by atoms with Crippen LogP contribution in [-0.2, 0) is 10.0 Å². The van der Waals surface area contributed by atoms with E-state index >= 15 is 0 Å². The highest BCUT2D eigenvalue weighted by molar-refractivity contribution is 7.90. The molecule has 140 valence electrons. The Morgan fingerprint density at radius 3 is 1.88 bits per heavy atom. The Bertz CT molecular complexity index is 842. The van der Waals surface area contributed by atoms with Crippen LogP contribution in [0.1, 0.15) is 42.6 Å².